The molecule has 14 heavy (non-hydrogen) atoms. The molecule has 1 fully saturated rings. The van der Waals surface area contributed by atoms with Crippen molar-refractivity contribution in [2.24, 2.45) is 0 Å². The average Bonchev–Trinajstić information content (AvgIpc) is 2.59. The highest BCUT2D eigenvalue weighted by atomic mass is 16.8. The maximum atomic E-state index is 10.6. The zero-order valence-corrected chi connectivity index (χ0v) is 9.04. The highest BCUT2D eigenvalue weighted by Crippen LogP contribution is 2.30. The SMILES string of the molecule is CCC1(CC)OCC(COC(C)=O)O1. The second-order valence-electron chi connectivity index (χ2n) is 3.47. The quantitative estimate of drug-likeness (QED) is 0.648. The minimum Gasteiger partial charge on any atom is -0.463 e. The van der Waals surface area contributed by atoms with Gasteiger partial charge >= 0.3 is 5.97 Å². The Labute approximate surface area is 84.5 Å². The third-order valence-electron chi connectivity index (χ3n) is 2.46. The van der Waals surface area contributed by atoms with Gasteiger partial charge in [-0.15, -0.1) is 0 Å². The van der Waals surface area contributed by atoms with E-state index in [0.717, 1.165) is 12.8 Å². The van der Waals surface area contributed by atoms with Gasteiger partial charge in [0, 0.05) is 6.92 Å². The summed E-state index contributed by atoms with van der Waals surface area (Å²) in [6.45, 7) is 6.24. The predicted molar refractivity (Wildman–Crippen MR) is 50.8 cm³/mol. The Morgan fingerprint density at radius 3 is 2.57 bits per heavy atom. The molecule has 0 saturated carbocycles. The second-order valence-corrected chi connectivity index (χ2v) is 3.47. The average molecular weight is 202 g/mol. The topological polar surface area (TPSA) is 44.8 Å². The fourth-order valence-electron chi connectivity index (χ4n) is 1.53. The van der Waals surface area contributed by atoms with Crippen molar-refractivity contribution in [3.63, 3.8) is 0 Å². The first-order valence-corrected chi connectivity index (χ1v) is 5.07. The van der Waals surface area contributed by atoms with Crippen molar-refractivity contribution in [1.29, 1.82) is 0 Å². The number of carbonyl (C=O) groups excluding carboxylic acids is 1. The lowest BCUT2D eigenvalue weighted by Crippen LogP contribution is -2.30. The first kappa shape index (κ1) is 11.5. The Kier molecular flexibility index (Phi) is 3.89. The second kappa shape index (κ2) is 4.75. The maximum Gasteiger partial charge on any atom is 0.302 e. The van der Waals surface area contributed by atoms with E-state index in [4.69, 9.17) is 14.2 Å². The van der Waals surface area contributed by atoms with Crippen molar-refractivity contribution in [2.75, 3.05) is 13.2 Å². The van der Waals surface area contributed by atoms with E-state index >= 15 is 0 Å². The van der Waals surface area contributed by atoms with Gasteiger partial charge in [0.15, 0.2) is 5.79 Å². The van der Waals surface area contributed by atoms with E-state index < -0.39 is 5.79 Å². The zero-order valence-electron chi connectivity index (χ0n) is 9.04. The van der Waals surface area contributed by atoms with Crippen LogP contribution in [0.2, 0.25) is 0 Å². The van der Waals surface area contributed by atoms with Crippen LogP contribution in [0.15, 0.2) is 0 Å². The molecule has 4 heteroatoms. The van der Waals surface area contributed by atoms with Crippen LogP contribution in [0.5, 0.6) is 0 Å². The molecule has 1 heterocycles. The van der Waals surface area contributed by atoms with E-state index in [9.17, 15) is 4.79 Å². The number of esters is 1. The Bertz CT molecular complexity index is 198. The monoisotopic (exact) mass is 202 g/mol. The Morgan fingerprint density at radius 1 is 1.50 bits per heavy atom. The van der Waals surface area contributed by atoms with E-state index in [1.54, 1.807) is 0 Å². The van der Waals surface area contributed by atoms with E-state index in [1.807, 2.05) is 13.8 Å². The van der Waals surface area contributed by atoms with Crippen LogP contribution in [0.3, 0.4) is 0 Å². The molecule has 82 valence electrons. The molecule has 0 aliphatic carbocycles. The number of carbonyl (C=O) groups is 1. The van der Waals surface area contributed by atoms with Crippen LogP contribution < -0.4 is 0 Å². The van der Waals surface area contributed by atoms with Gasteiger partial charge in [-0.1, -0.05) is 13.8 Å². The summed E-state index contributed by atoms with van der Waals surface area (Å²) in [7, 11) is 0. The minimum absolute atomic E-state index is 0.112. The smallest absolute Gasteiger partial charge is 0.302 e. The number of ether oxygens (including phenoxy) is 3. The minimum atomic E-state index is -0.454. The van der Waals surface area contributed by atoms with Crippen molar-refractivity contribution < 1.29 is 19.0 Å². The number of rotatable bonds is 4. The summed E-state index contributed by atoms with van der Waals surface area (Å²) in [5.41, 5.74) is 0. The van der Waals surface area contributed by atoms with Crippen LogP contribution in [0.1, 0.15) is 33.6 Å². The van der Waals surface area contributed by atoms with E-state index in [-0.39, 0.29) is 18.7 Å². The van der Waals surface area contributed by atoms with Crippen molar-refractivity contribution in [1.82, 2.24) is 0 Å². The van der Waals surface area contributed by atoms with E-state index in [2.05, 4.69) is 0 Å². The molecule has 0 aromatic rings. The van der Waals surface area contributed by atoms with Gasteiger partial charge < -0.3 is 14.2 Å². The van der Waals surface area contributed by atoms with Gasteiger partial charge in [-0.2, -0.15) is 0 Å². The summed E-state index contributed by atoms with van der Waals surface area (Å²) >= 11 is 0. The van der Waals surface area contributed by atoms with Crippen LogP contribution in [-0.2, 0) is 19.0 Å². The normalized spacial score (nSPS) is 24.9. The molecule has 0 aromatic heterocycles. The number of hydrogen-bond donors (Lipinski definition) is 0. The van der Waals surface area contributed by atoms with Crippen molar-refractivity contribution >= 4 is 5.97 Å². The van der Waals surface area contributed by atoms with Gasteiger partial charge in [0.2, 0.25) is 0 Å². The molecule has 1 unspecified atom stereocenters. The van der Waals surface area contributed by atoms with E-state index in [0.29, 0.717) is 6.61 Å². The van der Waals surface area contributed by atoms with Crippen LogP contribution in [0.4, 0.5) is 0 Å². The molecule has 1 atom stereocenters. The molecule has 1 saturated heterocycles. The fourth-order valence-corrected chi connectivity index (χ4v) is 1.53. The molecule has 0 aromatic carbocycles. The highest BCUT2D eigenvalue weighted by molar-refractivity contribution is 5.65. The fraction of sp³-hybridized carbons (Fsp3) is 0.900. The van der Waals surface area contributed by atoms with Gasteiger partial charge in [0.05, 0.1) is 6.61 Å². The van der Waals surface area contributed by atoms with Gasteiger partial charge in [-0.05, 0) is 12.8 Å². The molecule has 0 amide bonds. The van der Waals surface area contributed by atoms with Crippen LogP contribution in [0, 0.1) is 0 Å². The lowest BCUT2D eigenvalue weighted by molar-refractivity contribution is -0.179. The Hall–Kier alpha value is -0.610. The molecule has 0 bridgehead atoms. The first-order chi connectivity index (χ1) is 6.62. The summed E-state index contributed by atoms with van der Waals surface area (Å²) in [5, 5.41) is 0. The summed E-state index contributed by atoms with van der Waals surface area (Å²) in [6, 6.07) is 0. The summed E-state index contributed by atoms with van der Waals surface area (Å²) in [5.74, 6) is -0.732. The lowest BCUT2D eigenvalue weighted by Gasteiger charge is -2.24. The molecular formula is C10H18O4. The molecule has 0 N–H and O–H groups in total. The third-order valence-corrected chi connectivity index (χ3v) is 2.46. The van der Waals surface area contributed by atoms with Crippen molar-refractivity contribution in [3.05, 3.63) is 0 Å². The Balaban J connectivity index is 2.36. The van der Waals surface area contributed by atoms with Crippen molar-refractivity contribution in [2.45, 2.75) is 45.5 Å². The summed E-state index contributed by atoms with van der Waals surface area (Å²) in [6.07, 6.45) is 1.53. The van der Waals surface area contributed by atoms with Crippen LogP contribution >= 0.6 is 0 Å². The standard InChI is InChI=1S/C10H18O4/c1-4-10(5-2)13-7-9(14-10)6-12-8(3)11/h9H,4-7H2,1-3H3. The van der Waals surface area contributed by atoms with Gasteiger partial charge in [-0.3, -0.25) is 4.79 Å². The molecule has 1 aliphatic heterocycles. The van der Waals surface area contributed by atoms with Crippen LogP contribution in [-0.4, -0.2) is 31.1 Å². The maximum absolute atomic E-state index is 10.6. The predicted octanol–water partition coefficient (Wildman–Crippen LogP) is 1.48. The molecule has 0 spiro atoms. The summed E-state index contributed by atoms with van der Waals surface area (Å²) < 4.78 is 16.1. The summed E-state index contributed by atoms with van der Waals surface area (Å²) in [4.78, 5) is 10.6. The van der Waals surface area contributed by atoms with Gasteiger partial charge in [0.1, 0.15) is 12.7 Å². The Morgan fingerprint density at radius 2 is 2.14 bits per heavy atom. The number of hydrogen-bond acceptors (Lipinski definition) is 4. The largest absolute Gasteiger partial charge is 0.463 e. The molecule has 1 aliphatic rings. The van der Waals surface area contributed by atoms with E-state index in [1.165, 1.54) is 6.92 Å². The lowest BCUT2D eigenvalue weighted by atomic mass is 10.1. The van der Waals surface area contributed by atoms with Crippen LogP contribution in [0.25, 0.3) is 0 Å². The van der Waals surface area contributed by atoms with Gasteiger partial charge in [0.25, 0.3) is 0 Å². The van der Waals surface area contributed by atoms with Gasteiger partial charge in [-0.25, -0.2) is 0 Å². The molecule has 4 nitrogen and oxygen atoms in total. The zero-order chi connectivity index (χ0) is 10.6. The highest BCUT2D eigenvalue weighted by Gasteiger charge is 2.38. The molecular weight excluding hydrogens is 184 g/mol. The molecule has 1 rings (SSSR count). The molecule has 0 radical (unpaired) electrons. The first-order valence-electron chi connectivity index (χ1n) is 5.07. The van der Waals surface area contributed by atoms with Crippen molar-refractivity contribution in [3.8, 4) is 0 Å². The third kappa shape index (κ3) is 2.69.